The number of rotatable bonds is 8. The van der Waals surface area contributed by atoms with Gasteiger partial charge in [-0.15, -0.1) is 0 Å². The highest BCUT2D eigenvalue weighted by atomic mass is 32.2. The molecule has 0 aliphatic carbocycles. The molecule has 0 radical (unpaired) electrons. The zero-order chi connectivity index (χ0) is 29.2. The summed E-state index contributed by atoms with van der Waals surface area (Å²) < 4.78 is 68.7. The van der Waals surface area contributed by atoms with Crippen molar-refractivity contribution < 1.29 is 26.0 Å². The summed E-state index contributed by atoms with van der Waals surface area (Å²) >= 11 is 0. The fourth-order valence-electron chi connectivity index (χ4n) is 4.81. The first-order chi connectivity index (χ1) is 19.5. The minimum Gasteiger partial charge on any atom is -0.455 e. The number of benzene rings is 4. The van der Waals surface area contributed by atoms with Crippen molar-refractivity contribution in [2.45, 2.75) is 30.7 Å². The second-order valence-corrected chi connectivity index (χ2v) is 11.8. The molecule has 208 valence electrons. The number of halogens is 3. The van der Waals surface area contributed by atoms with Crippen molar-refractivity contribution in [2.75, 3.05) is 6.26 Å². The van der Waals surface area contributed by atoms with Gasteiger partial charge >= 0.3 is 6.18 Å². The van der Waals surface area contributed by atoms with Gasteiger partial charge in [-0.05, 0) is 63.4 Å². The molecule has 0 amide bonds. The van der Waals surface area contributed by atoms with E-state index >= 15 is 0 Å². The molecule has 0 saturated heterocycles. The number of furan rings is 1. The number of fused-ring (bicyclic) bond motifs is 1. The van der Waals surface area contributed by atoms with E-state index in [1.54, 1.807) is 24.3 Å². The van der Waals surface area contributed by atoms with Crippen LogP contribution in [0.25, 0.3) is 21.9 Å². The maximum Gasteiger partial charge on any atom is 0.449 e. The lowest BCUT2D eigenvalue weighted by Crippen LogP contribution is -2.23. The van der Waals surface area contributed by atoms with Crippen molar-refractivity contribution >= 4 is 20.6 Å². The zero-order valence-corrected chi connectivity index (χ0v) is 22.8. The minimum atomic E-state index is -4.59. The molecule has 1 heterocycles. The lowest BCUT2D eigenvalue weighted by molar-refractivity contribution is -0.153. The van der Waals surface area contributed by atoms with E-state index in [9.17, 15) is 26.9 Å². The number of hydrogen-bond acceptors (Lipinski definition) is 5. The molecule has 1 aromatic heterocycles. The van der Waals surface area contributed by atoms with Gasteiger partial charge in [-0.1, -0.05) is 66.7 Å². The van der Waals surface area contributed by atoms with Crippen LogP contribution in [-0.2, 0) is 35.6 Å². The van der Waals surface area contributed by atoms with Gasteiger partial charge in [0.2, 0.25) is 5.76 Å². The summed E-state index contributed by atoms with van der Waals surface area (Å²) in [4.78, 5) is 2.16. The van der Waals surface area contributed by atoms with Crippen LogP contribution in [0.5, 0.6) is 0 Å². The van der Waals surface area contributed by atoms with Crippen LogP contribution in [-0.4, -0.2) is 19.6 Å². The molecular formula is C32H25F3N2O3S. The van der Waals surface area contributed by atoms with E-state index in [1.165, 1.54) is 6.07 Å². The molecule has 0 fully saturated rings. The van der Waals surface area contributed by atoms with Crippen LogP contribution in [0.3, 0.4) is 0 Å². The summed E-state index contributed by atoms with van der Waals surface area (Å²) in [5, 5.41) is 11.7. The maximum atomic E-state index is 13.2. The van der Waals surface area contributed by atoms with Gasteiger partial charge in [0, 0.05) is 19.3 Å². The van der Waals surface area contributed by atoms with Crippen molar-refractivity contribution in [3.8, 4) is 17.2 Å². The van der Waals surface area contributed by atoms with E-state index in [2.05, 4.69) is 6.07 Å². The summed E-state index contributed by atoms with van der Waals surface area (Å²) in [6, 6.07) is 30.0. The Morgan fingerprint density at radius 3 is 2.27 bits per heavy atom. The van der Waals surface area contributed by atoms with Gasteiger partial charge < -0.3 is 4.42 Å². The van der Waals surface area contributed by atoms with Gasteiger partial charge in [0.1, 0.15) is 5.76 Å². The molecule has 0 bridgehead atoms. The molecule has 0 atom stereocenters. The Labute approximate surface area is 236 Å². The van der Waals surface area contributed by atoms with Crippen LogP contribution >= 0.6 is 0 Å². The smallest absolute Gasteiger partial charge is 0.449 e. The van der Waals surface area contributed by atoms with Crippen LogP contribution in [0.4, 0.5) is 13.2 Å². The molecular weight excluding hydrogens is 549 g/mol. The fourth-order valence-corrected chi connectivity index (χ4v) is 5.47. The normalized spacial score (nSPS) is 12.1. The zero-order valence-electron chi connectivity index (χ0n) is 22.0. The van der Waals surface area contributed by atoms with Gasteiger partial charge in [0.25, 0.3) is 0 Å². The van der Waals surface area contributed by atoms with Gasteiger partial charge in [-0.2, -0.15) is 18.4 Å². The molecule has 9 heteroatoms. The molecule has 4 aromatic carbocycles. The maximum absolute atomic E-state index is 13.2. The van der Waals surface area contributed by atoms with Gasteiger partial charge in [-0.25, -0.2) is 8.42 Å². The highest BCUT2D eigenvalue weighted by Gasteiger charge is 2.35. The first-order valence-electron chi connectivity index (χ1n) is 12.7. The lowest BCUT2D eigenvalue weighted by atomic mass is 9.98. The lowest BCUT2D eigenvalue weighted by Gasteiger charge is -2.23. The van der Waals surface area contributed by atoms with E-state index < -0.39 is 21.8 Å². The largest absolute Gasteiger partial charge is 0.455 e. The molecule has 0 saturated carbocycles. The first-order valence-corrected chi connectivity index (χ1v) is 14.6. The summed E-state index contributed by atoms with van der Waals surface area (Å²) in [7, 11) is -3.35. The molecule has 5 nitrogen and oxygen atoms in total. The predicted molar refractivity (Wildman–Crippen MR) is 150 cm³/mol. The number of nitrogens with zero attached hydrogens (tertiary/aromatic N) is 2. The van der Waals surface area contributed by atoms with Crippen molar-refractivity contribution in [1.82, 2.24) is 4.90 Å². The van der Waals surface area contributed by atoms with Crippen molar-refractivity contribution in [3.63, 3.8) is 0 Å². The van der Waals surface area contributed by atoms with E-state index in [0.29, 0.717) is 18.7 Å². The Hall–Kier alpha value is -4.39. The number of sulfone groups is 1. The summed E-state index contributed by atoms with van der Waals surface area (Å²) in [5.41, 5.74) is 3.73. The van der Waals surface area contributed by atoms with Crippen LogP contribution in [0, 0.1) is 11.3 Å². The predicted octanol–water partition coefficient (Wildman–Crippen LogP) is 7.60. The topological polar surface area (TPSA) is 74.3 Å². The molecule has 0 spiro atoms. The van der Waals surface area contributed by atoms with Crippen molar-refractivity contribution in [1.29, 1.82) is 5.26 Å². The molecule has 5 rings (SSSR count). The number of nitriles is 1. The molecule has 5 aromatic rings. The van der Waals surface area contributed by atoms with Crippen LogP contribution in [0.15, 0.2) is 106 Å². The highest BCUT2D eigenvalue weighted by molar-refractivity contribution is 7.90. The molecule has 0 aliphatic heterocycles. The van der Waals surface area contributed by atoms with E-state index in [4.69, 9.17) is 4.42 Å². The third-order valence-electron chi connectivity index (χ3n) is 6.82. The van der Waals surface area contributed by atoms with E-state index in [-0.39, 0.29) is 17.2 Å². The summed E-state index contributed by atoms with van der Waals surface area (Å²) in [6.07, 6.45) is -3.43. The van der Waals surface area contributed by atoms with E-state index in [1.807, 2.05) is 65.6 Å². The molecule has 0 aliphatic rings. The van der Waals surface area contributed by atoms with Crippen LogP contribution < -0.4 is 0 Å². The Morgan fingerprint density at radius 1 is 0.829 bits per heavy atom. The minimum absolute atomic E-state index is 0.0856. The standard InChI is InChI=1S/C32H25F3N2O3S/c1-41(38,39)28-7-4-6-25(17-28)23-11-9-22(10-12-23)19-37(20-27-15-16-31(40-27)32(33,34)35)21-30-26(18-36)14-13-24-5-2-3-8-29(24)30/h2-17H,19-21H2,1H3. The fraction of sp³-hybridized carbons (Fsp3) is 0.156. The Bertz CT molecular complexity index is 1850. The SMILES string of the molecule is CS(=O)(=O)c1cccc(-c2ccc(CN(Cc3ccc(C(F)(F)F)o3)Cc3c(C#N)ccc4ccccc34)cc2)c1. The first kappa shape index (κ1) is 28.1. The summed E-state index contributed by atoms with van der Waals surface area (Å²) in [5.74, 6) is -0.902. The Morgan fingerprint density at radius 2 is 1.59 bits per heavy atom. The second kappa shape index (κ2) is 11.2. The molecule has 0 unspecified atom stereocenters. The summed E-state index contributed by atoms with van der Waals surface area (Å²) in [6.45, 7) is 0.743. The monoisotopic (exact) mass is 574 g/mol. The Balaban J connectivity index is 1.47. The van der Waals surface area contributed by atoms with Gasteiger partial charge in [0.15, 0.2) is 9.84 Å². The van der Waals surface area contributed by atoms with Crippen LogP contribution in [0.2, 0.25) is 0 Å². The average molecular weight is 575 g/mol. The average Bonchev–Trinajstić information content (AvgIpc) is 3.42. The van der Waals surface area contributed by atoms with E-state index in [0.717, 1.165) is 45.3 Å². The highest BCUT2D eigenvalue weighted by Crippen LogP contribution is 2.32. The third kappa shape index (κ3) is 6.51. The van der Waals surface area contributed by atoms with Gasteiger partial charge in [0.05, 0.1) is 23.1 Å². The molecule has 41 heavy (non-hydrogen) atoms. The molecule has 0 N–H and O–H groups in total. The van der Waals surface area contributed by atoms with Crippen molar-refractivity contribution in [2.24, 2.45) is 0 Å². The number of alkyl halides is 3. The second-order valence-electron chi connectivity index (χ2n) is 9.83. The quantitative estimate of drug-likeness (QED) is 0.191. The van der Waals surface area contributed by atoms with Crippen molar-refractivity contribution in [3.05, 3.63) is 125 Å². The Kier molecular flexibility index (Phi) is 7.72. The van der Waals surface area contributed by atoms with Crippen LogP contribution in [0.1, 0.15) is 28.2 Å². The number of hydrogen-bond donors (Lipinski definition) is 0. The van der Waals surface area contributed by atoms with Gasteiger partial charge in [-0.3, -0.25) is 4.90 Å². The third-order valence-corrected chi connectivity index (χ3v) is 7.93.